The van der Waals surface area contributed by atoms with E-state index < -0.39 is 5.97 Å². The molecule has 4 nitrogen and oxygen atoms in total. The quantitative estimate of drug-likeness (QED) is 0.512. The maximum absolute atomic E-state index is 12.0. The van der Waals surface area contributed by atoms with Crippen LogP contribution in [0.5, 0.6) is 0 Å². The lowest BCUT2D eigenvalue weighted by Gasteiger charge is -2.08. The molecule has 0 bridgehead atoms. The molecule has 27 heavy (non-hydrogen) atoms. The van der Waals surface area contributed by atoms with Crippen molar-refractivity contribution in [2.24, 2.45) is 7.05 Å². The van der Waals surface area contributed by atoms with Crippen LogP contribution in [0.3, 0.4) is 0 Å². The Morgan fingerprint density at radius 3 is 2.63 bits per heavy atom. The molecule has 0 aliphatic carbocycles. The number of nitrogens with zero attached hydrogens (tertiary/aromatic N) is 1. The number of nitrogens with one attached hydrogen (secondary N) is 1. The number of aromatic nitrogens is 2. The van der Waals surface area contributed by atoms with Crippen LogP contribution in [0, 0.1) is 6.92 Å². The maximum Gasteiger partial charge on any atom is 0.352 e. The van der Waals surface area contributed by atoms with Gasteiger partial charge in [-0.15, -0.1) is 0 Å². The third-order valence-electron chi connectivity index (χ3n) is 5.17. The average Bonchev–Trinajstić information content (AvgIpc) is 3.23. The van der Waals surface area contributed by atoms with Crippen molar-refractivity contribution in [3.63, 3.8) is 0 Å². The van der Waals surface area contributed by atoms with E-state index in [-0.39, 0.29) is 5.69 Å². The number of carboxylic acids is 1. The van der Waals surface area contributed by atoms with Crippen molar-refractivity contribution in [2.75, 3.05) is 0 Å². The van der Waals surface area contributed by atoms with E-state index in [0.29, 0.717) is 0 Å². The van der Waals surface area contributed by atoms with Crippen LogP contribution in [0.1, 0.15) is 28.5 Å². The molecule has 0 saturated heterocycles. The van der Waals surface area contributed by atoms with Gasteiger partial charge in [-0.05, 0) is 36.6 Å². The van der Waals surface area contributed by atoms with Crippen molar-refractivity contribution in [3.05, 3.63) is 71.5 Å². The van der Waals surface area contributed by atoms with Gasteiger partial charge >= 0.3 is 5.97 Å². The number of aryl methyl sites for hydroxylation is 2. The number of carbonyl (C=O) groups is 1. The summed E-state index contributed by atoms with van der Waals surface area (Å²) in [7, 11) is 2.02. The van der Waals surface area contributed by atoms with Crippen LogP contribution in [0.4, 0.5) is 0 Å². The van der Waals surface area contributed by atoms with E-state index in [0.717, 1.165) is 50.8 Å². The molecule has 4 heteroatoms. The van der Waals surface area contributed by atoms with Crippen molar-refractivity contribution in [2.45, 2.75) is 20.3 Å². The summed E-state index contributed by atoms with van der Waals surface area (Å²) in [6.07, 6.45) is 2.77. The summed E-state index contributed by atoms with van der Waals surface area (Å²) in [6, 6.07) is 16.2. The summed E-state index contributed by atoms with van der Waals surface area (Å²) in [5, 5.41) is 11.0. The van der Waals surface area contributed by atoms with Gasteiger partial charge in [-0.3, -0.25) is 0 Å². The predicted molar refractivity (Wildman–Crippen MR) is 109 cm³/mol. The molecule has 2 aromatic heterocycles. The molecule has 0 fully saturated rings. The molecule has 0 atom stereocenters. The Labute approximate surface area is 158 Å². The zero-order valence-corrected chi connectivity index (χ0v) is 15.7. The van der Waals surface area contributed by atoms with Gasteiger partial charge in [0, 0.05) is 35.3 Å². The Balaban J connectivity index is 2.05. The highest BCUT2D eigenvalue weighted by Crippen LogP contribution is 2.39. The Hall–Kier alpha value is -3.27. The standard InChI is InChI=1S/C23H22N2O2/c1-4-16-20(15-8-5-7-14(2)13-15)22(23(26)27)24-21(16)18-9-6-10-19-17(18)11-12-25(19)3/h5-13,24H,4H2,1-3H3,(H,26,27). The van der Waals surface area contributed by atoms with Crippen molar-refractivity contribution in [1.29, 1.82) is 0 Å². The zero-order valence-electron chi connectivity index (χ0n) is 15.7. The fourth-order valence-corrected chi connectivity index (χ4v) is 3.92. The molecule has 4 rings (SSSR count). The maximum atomic E-state index is 12.0. The molecule has 0 saturated carbocycles. The smallest absolute Gasteiger partial charge is 0.352 e. The molecule has 4 aromatic rings. The first-order valence-corrected chi connectivity index (χ1v) is 9.10. The fourth-order valence-electron chi connectivity index (χ4n) is 3.92. The Morgan fingerprint density at radius 1 is 1.15 bits per heavy atom. The molecule has 2 aromatic carbocycles. The molecule has 2 heterocycles. The molecular weight excluding hydrogens is 336 g/mol. The van der Waals surface area contributed by atoms with E-state index in [4.69, 9.17) is 0 Å². The highest BCUT2D eigenvalue weighted by Gasteiger charge is 2.24. The molecular formula is C23H22N2O2. The first-order valence-electron chi connectivity index (χ1n) is 9.10. The molecule has 0 unspecified atom stereocenters. The normalized spacial score (nSPS) is 11.2. The minimum absolute atomic E-state index is 0.250. The zero-order chi connectivity index (χ0) is 19.1. The number of carboxylic acid groups (broad SMARTS) is 1. The SMILES string of the molecule is CCc1c(-c2cccc3c2ccn3C)[nH]c(C(=O)O)c1-c1cccc(C)c1. The van der Waals surface area contributed by atoms with E-state index in [1.807, 2.05) is 50.5 Å². The number of hydrogen-bond acceptors (Lipinski definition) is 1. The number of fused-ring (bicyclic) bond motifs is 1. The molecule has 0 spiro atoms. The third-order valence-corrected chi connectivity index (χ3v) is 5.17. The highest BCUT2D eigenvalue weighted by atomic mass is 16.4. The number of hydrogen-bond donors (Lipinski definition) is 2. The van der Waals surface area contributed by atoms with E-state index in [1.54, 1.807) is 0 Å². The second kappa shape index (κ2) is 6.47. The Bertz CT molecular complexity index is 1160. The van der Waals surface area contributed by atoms with Crippen molar-refractivity contribution in [3.8, 4) is 22.4 Å². The van der Waals surface area contributed by atoms with Crippen LogP contribution in [0.15, 0.2) is 54.7 Å². The molecule has 0 amide bonds. The van der Waals surface area contributed by atoms with E-state index >= 15 is 0 Å². The lowest BCUT2D eigenvalue weighted by molar-refractivity contribution is 0.0692. The average molecular weight is 358 g/mol. The third kappa shape index (κ3) is 2.74. The molecule has 2 N–H and O–H groups in total. The van der Waals surface area contributed by atoms with Gasteiger partial charge in [-0.2, -0.15) is 0 Å². The van der Waals surface area contributed by atoms with Crippen LogP contribution in [0.2, 0.25) is 0 Å². The first-order chi connectivity index (χ1) is 13.0. The van der Waals surface area contributed by atoms with E-state index in [2.05, 4.69) is 34.7 Å². The van der Waals surface area contributed by atoms with Gasteiger partial charge in [-0.1, -0.05) is 48.9 Å². The van der Waals surface area contributed by atoms with Crippen LogP contribution in [0.25, 0.3) is 33.3 Å². The number of aromatic amines is 1. The minimum Gasteiger partial charge on any atom is -0.477 e. The summed E-state index contributed by atoms with van der Waals surface area (Å²) < 4.78 is 2.08. The summed E-state index contributed by atoms with van der Waals surface area (Å²) in [5.74, 6) is -0.937. The predicted octanol–water partition coefficient (Wildman–Crippen LogP) is 5.41. The number of rotatable bonds is 4. The summed E-state index contributed by atoms with van der Waals surface area (Å²) in [5.41, 5.74) is 7.17. The Kier molecular flexibility index (Phi) is 4.11. The van der Waals surface area contributed by atoms with Gasteiger partial charge in [0.15, 0.2) is 0 Å². The second-order valence-electron chi connectivity index (χ2n) is 6.92. The van der Waals surface area contributed by atoms with Crippen LogP contribution in [-0.4, -0.2) is 20.6 Å². The molecule has 136 valence electrons. The highest BCUT2D eigenvalue weighted by molar-refractivity contribution is 6.02. The van der Waals surface area contributed by atoms with Gasteiger partial charge in [0.1, 0.15) is 5.69 Å². The number of benzene rings is 2. The second-order valence-corrected chi connectivity index (χ2v) is 6.92. The lowest BCUT2D eigenvalue weighted by atomic mass is 9.94. The lowest BCUT2D eigenvalue weighted by Crippen LogP contribution is -1.99. The van der Waals surface area contributed by atoms with Crippen molar-refractivity contribution in [1.82, 2.24) is 9.55 Å². The van der Waals surface area contributed by atoms with Crippen molar-refractivity contribution >= 4 is 16.9 Å². The minimum atomic E-state index is -0.937. The monoisotopic (exact) mass is 358 g/mol. The summed E-state index contributed by atoms with van der Waals surface area (Å²) >= 11 is 0. The number of H-pyrrole nitrogens is 1. The summed E-state index contributed by atoms with van der Waals surface area (Å²) in [4.78, 5) is 15.3. The van der Waals surface area contributed by atoms with Gasteiger partial charge in [0.25, 0.3) is 0 Å². The van der Waals surface area contributed by atoms with E-state index in [9.17, 15) is 9.90 Å². The first kappa shape index (κ1) is 17.2. The van der Waals surface area contributed by atoms with Gasteiger partial charge < -0.3 is 14.7 Å². The van der Waals surface area contributed by atoms with Crippen LogP contribution < -0.4 is 0 Å². The largest absolute Gasteiger partial charge is 0.477 e. The summed E-state index contributed by atoms with van der Waals surface area (Å²) in [6.45, 7) is 4.09. The topological polar surface area (TPSA) is 58.0 Å². The molecule has 0 aliphatic heterocycles. The Morgan fingerprint density at radius 2 is 1.93 bits per heavy atom. The van der Waals surface area contributed by atoms with E-state index in [1.165, 1.54) is 0 Å². The fraction of sp³-hybridized carbons (Fsp3) is 0.174. The van der Waals surface area contributed by atoms with Crippen molar-refractivity contribution < 1.29 is 9.90 Å². The van der Waals surface area contributed by atoms with Gasteiger partial charge in [0.2, 0.25) is 0 Å². The van der Waals surface area contributed by atoms with Crippen LogP contribution in [-0.2, 0) is 13.5 Å². The number of aromatic carboxylic acids is 1. The molecule has 0 radical (unpaired) electrons. The van der Waals surface area contributed by atoms with Gasteiger partial charge in [0.05, 0.1) is 5.69 Å². The van der Waals surface area contributed by atoms with Gasteiger partial charge in [-0.25, -0.2) is 4.79 Å². The molecule has 0 aliphatic rings. The van der Waals surface area contributed by atoms with Crippen LogP contribution >= 0.6 is 0 Å².